The minimum atomic E-state index is -0.439. The summed E-state index contributed by atoms with van der Waals surface area (Å²) in [5, 5.41) is 7.57. The van der Waals surface area contributed by atoms with Gasteiger partial charge in [-0.15, -0.1) is 0 Å². The maximum Gasteiger partial charge on any atom is 0.233 e. The first-order chi connectivity index (χ1) is 17.9. The molecule has 0 saturated heterocycles. The highest BCUT2D eigenvalue weighted by atomic mass is 16.5. The second kappa shape index (κ2) is 9.72. The lowest BCUT2D eigenvalue weighted by Crippen LogP contribution is -2.29. The van der Waals surface area contributed by atoms with E-state index in [0.29, 0.717) is 58.7 Å². The predicted octanol–water partition coefficient (Wildman–Crippen LogP) is 4.98. The molecule has 37 heavy (non-hydrogen) atoms. The van der Waals surface area contributed by atoms with Crippen molar-refractivity contribution >= 4 is 11.7 Å². The Morgan fingerprint density at radius 2 is 1.57 bits per heavy atom. The second-order valence-electron chi connectivity index (χ2n) is 9.03. The number of rotatable bonds is 7. The second-order valence-corrected chi connectivity index (χ2v) is 9.03. The number of Topliss-reactive ketones (excluding diaryl/α,β-unsaturated/α-hetero) is 1. The van der Waals surface area contributed by atoms with Gasteiger partial charge in [0.1, 0.15) is 0 Å². The molecule has 0 bridgehead atoms. The number of ketones is 1. The van der Waals surface area contributed by atoms with E-state index in [0.717, 1.165) is 22.4 Å². The van der Waals surface area contributed by atoms with E-state index in [-0.39, 0.29) is 11.7 Å². The van der Waals surface area contributed by atoms with Gasteiger partial charge in [0.2, 0.25) is 11.6 Å². The van der Waals surface area contributed by atoms with E-state index in [1.807, 2.05) is 37.3 Å². The standard InChI is InChI=1S/C28H30N2O7/c1-14-23-24(17-8-10-21(33-3)27(36-6)26(17)35-5)25-18(29-28(23)37-30-14)11-16(12-19(25)31)15-7-9-20(32-2)22(13-15)34-4/h7-10,13,16,24,29H,11-12H2,1-6H3/t16-,24+/m0/s1. The maximum atomic E-state index is 13.9. The molecule has 0 unspecified atom stereocenters. The number of benzene rings is 2. The Morgan fingerprint density at radius 3 is 2.24 bits per heavy atom. The zero-order chi connectivity index (χ0) is 26.3. The molecule has 1 N–H and O–H groups in total. The van der Waals surface area contributed by atoms with Crippen molar-refractivity contribution in [3.05, 3.63) is 64.0 Å². The molecule has 2 atom stereocenters. The van der Waals surface area contributed by atoms with Crippen LogP contribution in [-0.2, 0) is 4.79 Å². The summed E-state index contributed by atoms with van der Waals surface area (Å²) in [5.41, 5.74) is 4.77. The summed E-state index contributed by atoms with van der Waals surface area (Å²) in [6.07, 6.45) is 0.962. The zero-order valence-electron chi connectivity index (χ0n) is 21.8. The van der Waals surface area contributed by atoms with E-state index < -0.39 is 5.92 Å². The van der Waals surface area contributed by atoms with Gasteiger partial charge in [0.15, 0.2) is 28.8 Å². The van der Waals surface area contributed by atoms with Crippen molar-refractivity contribution in [3.63, 3.8) is 0 Å². The van der Waals surface area contributed by atoms with Gasteiger partial charge in [0, 0.05) is 23.3 Å². The number of nitrogens with one attached hydrogen (secondary N) is 1. The van der Waals surface area contributed by atoms with E-state index in [9.17, 15) is 4.79 Å². The molecule has 9 heteroatoms. The molecule has 0 fully saturated rings. The fourth-order valence-electron chi connectivity index (χ4n) is 5.48. The average Bonchev–Trinajstić information content (AvgIpc) is 3.30. The van der Waals surface area contributed by atoms with Crippen LogP contribution in [-0.4, -0.2) is 46.5 Å². The minimum absolute atomic E-state index is 0.0432. The topological polar surface area (TPSA) is 101 Å². The summed E-state index contributed by atoms with van der Waals surface area (Å²) in [6, 6.07) is 9.51. The van der Waals surface area contributed by atoms with Crippen LogP contribution in [0, 0.1) is 6.92 Å². The lowest BCUT2D eigenvalue weighted by atomic mass is 9.72. The molecule has 0 amide bonds. The van der Waals surface area contributed by atoms with Gasteiger partial charge in [-0.25, -0.2) is 0 Å². The molecule has 3 aromatic rings. The third kappa shape index (κ3) is 3.94. The summed E-state index contributed by atoms with van der Waals surface area (Å²) >= 11 is 0. The smallest absolute Gasteiger partial charge is 0.233 e. The van der Waals surface area contributed by atoms with E-state index >= 15 is 0 Å². The van der Waals surface area contributed by atoms with Crippen LogP contribution in [0.5, 0.6) is 28.7 Å². The van der Waals surface area contributed by atoms with Crippen LogP contribution in [0.15, 0.2) is 46.1 Å². The molecule has 0 radical (unpaired) electrons. The van der Waals surface area contributed by atoms with Gasteiger partial charge in [-0.1, -0.05) is 17.3 Å². The van der Waals surface area contributed by atoms with E-state index in [4.69, 9.17) is 28.2 Å². The van der Waals surface area contributed by atoms with Crippen LogP contribution >= 0.6 is 0 Å². The number of aryl methyl sites for hydroxylation is 1. The lowest BCUT2D eigenvalue weighted by molar-refractivity contribution is -0.116. The molecule has 2 heterocycles. The highest BCUT2D eigenvalue weighted by Gasteiger charge is 2.43. The number of nitrogens with zero attached hydrogens (tertiary/aromatic N) is 1. The molecule has 0 spiro atoms. The molecule has 2 aromatic carbocycles. The fourth-order valence-corrected chi connectivity index (χ4v) is 5.48. The Morgan fingerprint density at radius 1 is 0.865 bits per heavy atom. The summed E-state index contributed by atoms with van der Waals surface area (Å²) in [6.45, 7) is 1.87. The zero-order valence-corrected chi connectivity index (χ0v) is 21.8. The van der Waals surface area contributed by atoms with E-state index in [1.165, 1.54) is 0 Å². The third-order valence-electron chi connectivity index (χ3n) is 7.18. The molecule has 2 aliphatic rings. The Hall–Kier alpha value is -4.14. The van der Waals surface area contributed by atoms with Crippen molar-refractivity contribution in [2.45, 2.75) is 31.6 Å². The third-order valence-corrected chi connectivity index (χ3v) is 7.18. The minimum Gasteiger partial charge on any atom is -0.493 e. The maximum absolute atomic E-state index is 13.9. The van der Waals surface area contributed by atoms with Gasteiger partial charge in [0.25, 0.3) is 0 Å². The van der Waals surface area contributed by atoms with E-state index in [1.54, 1.807) is 35.5 Å². The first-order valence-corrected chi connectivity index (χ1v) is 12.0. The van der Waals surface area contributed by atoms with Crippen LogP contribution in [0.1, 0.15) is 47.1 Å². The number of ether oxygens (including phenoxy) is 5. The molecule has 9 nitrogen and oxygen atoms in total. The summed E-state index contributed by atoms with van der Waals surface area (Å²) in [5.74, 6) is 2.87. The predicted molar refractivity (Wildman–Crippen MR) is 136 cm³/mol. The van der Waals surface area contributed by atoms with Crippen LogP contribution in [0.25, 0.3) is 0 Å². The van der Waals surface area contributed by atoms with Crippen molar-refractivity contribution in [3.8, 4) is 28.7 Å². The van der Waals surface area contributed by atoms with Crippen LogP contribution in [0.4, 0.5) is 5.88 Å². The lowest BCUT2D eigenvalue weighted by Gasteiger charge is -2.35. The molecule has 1 aromatic heterocycles. The number of allylic oxidation sites excluding steroid dienone is 2. The van der Waals surface area contributed by atoms with Crippen molar-refractivity contribution < 1.29 is 33.0 Å². The molecule has 0 saturated carbocycles. The van der Waals surface area contributed by atoms with Gasteiger partial charge >= 0.3 is 0 Å². The van der Waals surface area contributed by atoms with Crippen LogP contribution in [0.3, 0.4) is 0 Å². The molecule has 1 aliphatic heterocycles. The quantitative estimate of drug-likeness (QED) is 0.475. The average molecular weight is 507 g/mol. The number of carbonyl (C=O) groups excluding carboxylic acids is 1. The van der Waals surface area contributed by atoms with Crippen molar-refractivity contribution in [1.82, 2.24) is 5.16 Å². The highest BCUT2D eigenvalue weighted by molar-refractivity contribution is 6.02. The van der Waals surface area contributed by atoms with Crippen molar-refractivity contribution in [2.24, 2.45) is 0 Å². The molecule has 1 aliphatic carbocycles. The number of hydrogen-bond acceptors (Lipinski definition) is 9. The van der Waals surface area contributed by atoms with Gasteiger partial charge < -0.3 is 33.5 Å². The first-order valence-electron chi connectivity index (χ1n) is 12.0. The van der Waals surface area contributed by atoms with Gasteiger partial charge in [-0.3, -0.25) is 4.79 Å². The largest absolute Gasteiger partial charge is 0.493 e. The number of fused-ring (bicyclic) bond motifs is 1. The van der Waals surface area contributed by atoms with Gasteiger partial charge in [-0.05, 0) is 43.0 Å². The van der Waals surface area contributed by atoms with Crippen LogP contribution in [0.2, 0.25) is 0 Å². The number of aromatic nitrogens is 1. The Labute approximate surface area is 215 Å². The molecular formula is C28H30N2O7. The van der Waals surface area contributed by atoms with Crippen molar-refractivity contribution in [2.75, 3.05) is 40.9 Å². The van der Waals surface area contributed by atoms with E-state index in [2.05, 4.69) is 10.5 Å². The number of carbonyl (C=O) groups is 1. The molecule has 194 valence electrons. The molecule has 5 rings (SSSR count). The van der Waals surface area contributed by atoms with Crippen LogP contribution < -0.4 is 29.0 Å². The summed E-state index contributed by atoms with van der Waals surface area (Å²) in [4.78, 5) is 13.9. The molecular weight excluding hydrogens is 476 g/mol. The summed E-state index contributed by atoms with van der Waals surface area (Å²) < 4.78 is 33.5. The Kier molecular flexibility index (Phi) is 6.45. The highest BCUT2D eigenvalue weighted by Crippen LogP contribution is 2.53. The Bertz CT molecular complexity index is 1390. The fraction of sp³-hybridized carbons (Fsp3) is 0.357. The van der Waals surface area contributed by atoms with Crippen molar-refractivity contribution in [1.29, 1.82) is 0 Å². The van der Waals surface area contributed by atoms with Gasteiger partial charge in [0.05, 0.1) is 52.7 Å². The Balaban J connectivity index is 1.64. The number of anilines is 1. The SMILES string of the molecule is COc1ccc([C@@H]2CC(=O)C3=C(C2)Nc2onc(C)c2[C@H]3c2ccc(OC)c(OC)c2OC)cc1OC. The monoisotopic (exact) mass is 506 g/mol. The normalized spacial score (nSPS) is 18.5. The number of methoxy groups -OCH3 is 5. The van der Waals surface area contributed by atoms with Gasteiger partial charge in [-0.2, -0.15) is 0 Å². The number of hydrogen-bond donors (Lipinski definition) is 1. The first kappa shape index (κ1) is 24.5. The summed E-state index contributed by atoms with van der Waals surface area (Å²) in [7, 11) is 7.92.